The Kier molecular flexibility index (Phi) is 5.52. The van der Waals surface area contributed by atoms with Crippen molar-refractivity contribution in [2.45, 2.75) is 19.6 Å². The highest BCUT2D eigenvalue weighted by Crippen LogP contribution is 2.27. The van der Waals surface area contributed by atoms with Crippen LogP contribution in [0.2, 0.25) is 0 Å². The number of rotatable bonds is 7. The Morgan fingerprint density at radius 1 is 0.955 bits per heavy atom. The van der Waals surface area contributed by atoms with Crippen LogP contribution in [0.4, 0.5) is 0 Å². The number of aliphatic hydroxyl groups is 2. The van der Waals surface area contributed by atoms with Gasteiger partial charge in [-0.3, -0.25) is 0 Å². The van der Waals surface area contributed by atoms with E-state index < -0.39 is 12.6 Å². The lowest BCUT2D eigenvalue weighted by Crippen LogP contribution is -2.12. The predicted molar refractivity (Wildman–Crippen MR) is 80.7 cm³/mol. The molecule has 5 heteroatoms. The summed E-state index contributed by atoms with van der Waals surface area (Å²) in [6, 6.07) is 13.3. The molecule has 0 amide bonds. The molecule has 2 rings (SSSR count). The molecule has 0 aliphatic rings. The van der Waals surface area contributed by atoms with Gasteiger partial charge in [-0.15, -0.1) is 0 Å². The molecule has 0 radical (unpaired) electrons. The molecule has 5 nitrogen and oxygen atoms in total. The zero-order valence-electron chi connectivity index (χ0n) is 12.0. The van der Waals surface area contributed by atoms with E-state index in [1.807, 2.05) is 30.3 Å². The van der Waals surface area contributed by atoms with Gasteiger partial charge in [-0.2, -0.15) is 0 Å². The van der Waals surface area contributed by atoms with Crippen LogP contribution in [0.1, 0.15) is 22.3 Å². The van der Waals surface area contributed by atoms with E-state index in [0.717, 1.165) is 11.1 Å². The van der Waals surface area contributed by atoms with Crippen LogP contribution in [-0.2, 0) is 24.4 Å². The highest BCUT2D eigenvalue weighted by Gasteiger charge is 2.13. The van der Waals surface area contributed by atoms with Gasteiger partial charge in [0.25, 0.3) is 0 Å². The molecule has 0 unspecified atom stereocenters. The van der Waals surface area contributed by atoms with Gasteiger partial charge in [0.1, 0.15) is 5.75 Å². The molecule has 116 valence electrons. The van der Waals surface area contributed by atoms with Gasteiger partial charge in [0, 0.05) is 11.1 Å². The highest BCUT2D eigenvalue weighted by molar-refractivity contribution is 5.68. The first-order valence-electron chi connectivity index (χ1n) is 6.89. The maximum atomic E-state index is 10.6. The molecule has 0 aliphatic carbocycles. The molecule has 0 heterocycles. The number of aliphatic carboxylic acids is 1. The van der Waals surface area contributed by atoms with E-state index in [4.69, 9.17) is 9.84 Å². The van der Waals surface area contributed by atoms with E-state index in [0.29, 0.717) is 17.5 Å². The Labute approximate surface area is 128 Å². The minimum absolute atomic E-state index is 0.240. The molecular weight excluding hydrogens is 284 g/mol. The summed E-state index contributed by atoms with van der Waals surface area (Å²) in [5, 5.41) is 27.7. The fraction of sp³-hybridized carbons (Fsp3) is 0.235. The summed E-state index contributed by atoms with van der Waals surface area (Å²) in [6.45, 7) is -1.09. The van der Waals surface area contributed by atoms with Crippen molar-refractivity contribution in [3.8, 4) is 5.75 Å². The summed E-state index contributed by atoms with van der Waals surface area (Å²) < 4.78 is 5.20. The second-order valence-electron chi connectivity index (χ2n) is 4.90. The Bertz CT molecular complexity index is 612. The van der Waals surface area contributed by atoms with Crippen molar-refractivity contribution >= 4 is 5.97 Å². The molecule has 0 aromatic heterocycles. The Balaban J connectivity index is 2.31. The van der Waals surface area contributed by atoms with Crippen molar-refractivity contribution < 1.29 is 24.9 Å². The first-order valence-corrected chi connectivity index (χ1v) is 6.89. The van der Waals surface area contributed by atoms with Gasteiger partial charge in [-0.25, -0.2) is 4.79 Å². The predicted octanol–water partition coefficient (Wildman–Crippen LogP) is 1.73. The summed E-state index contributed by atoms with van der Waals surface area (Å²) in [7, 11) is 0. The van der Waals surface area contributed by atoms with Gasteiger partial charge in [-0.1, -0.05) is 30.3 Å². The van der Waals surface area contributed by atoms with Gasteiger partial charge in [0.05, 0.1) is 13.2 Å². The number of benzene rings is 2. The maximum Gasteiger partial charge on any atom is 0.341 e. The monoisotopic (exact) mass is 302 g/mol. The summed E-state index contributed by atoms with van der Waals surface area (Å²) in [6.07, 6.45) is 0.653. The molecular formula is C17H18O5. The number of carbonyl (C=O) groups is 1. The Morgan fingerprint density at radius 3 is 2.05 bits per heavy atom. The van der Waals surface area contributed by atoms with Gasteiger partial charge in [0.2, 0.25) is 0 Å². The molecule has 0 aliphatic heterocycles. The van der Waals surface area contributed by atoms with Crippen molar-refractivity contribution in [2.24, 2.45) is 0 Å². The summed E-state index contributed by atoms with van der Waals surface area (Å²) in [5.41, 5.74) is 2.97. The molecule has 0 atom stereocenters. The third kappa shape index (κ3) is 4.07. The van der Waals surface area contributed by atoms with E-state index >= 15 is 0 Å². The van der Waals surface area contributed by atoms with Crippen LogP contribution >= 0.6 is 0 Å². The third-order valence-corrected chi connectivity index (χ3v) is 3.23. The highest BCUT2D eigenvalue weighted by atomic mass is 16.5. The second kappa shape index (κ2) is 7.59. The fourth-order valence-corrected chi connectivity index (χ4v) is 2.31. The van der Waals surface area contributed by atoms with Gasteiger partial charge in [0.15, 0.2) is 6.61 Å². The first kappa shape index (κ1) is 16.0. The lowest BCUT2D eigenvalue weighted by molar-refractivity contribution is -0.139. The van der Waals surface area contributed by atoms with Crippen LogP contribution in [0.15, 0.2) is 42.5 Å². The van der Waals surface area contributed by atoms with E-state index in [-0.39, 0.29) is 19.0 Å². The van der Waals surface area contributed by atoms with Gasteiger partial charge >= 0.3 is 5.97 Å². The third-order valence-electron chi connectivity index (χ3n) is 3.23. The van der Waals surface area contributed by atoms with Crippen LogP contribution in [0.5, 0.6) is 5.75 Å². The molecule has 0 bridgehead atoms. The Hall–Kier alpha value is -2.37. The average Bonchev–Trinajstić information content (AvgIpc) is 2.53. The molecule has 0 spiro atoms. The number of hydrogen-bond donors (Lipinski definition) is 3. The topological polar surface area (TPSA) is 87.0 Å². The lowest BCUT2D eigenvalue weighted by Gasteiger charge is -2.15. The van der Waals surface area contributed by atoms with Gasteiger partial charge in [-0.05, 0) is 29.7 Å². The average molecular weight is 302 g/mol. The van der Waals surface area contributed by atoms with Crippen molar-refractivity contribution in [1.82, 2.24) is 0 Å². The minimum atomic E-state index is -1.11. The van der Waals surface area contributed by atoms with E-state index in [9.17, 15) is 15.0 Å². The zero-order valence-corrected chi connectivity index (χ0v) is 12.0. The molecule has 2 aromatic carbocycles. The van der Waals surface area contributed by atoms with E-state index in [1.165, 1.54) is 0 Å². The molecule has 2 aromatic rings. The zero-order chi connectivity index (χ0) is 15.9. The number of aliphatic hydroxyl groups excluding tert-OH is 2. The van der Waals surface area contributed by atoms with Crippen molar-refractivity contribution in [1.29, 1.82) is 0 Å². The molecule has 0 fully saturated rings. The number of hydrogen-bond acceptors (Lipinski definition) is 4. The van der Waals surface area contributed by atoms with Crippen LogP contribution in [0.25, 0.3) is 0 Å². The van der Waals surface area contributed by atoms with E-state index in [1.54, 1.807) is 12.1 Å². The summed E-state index contributed by atoms with van der Waals surface area (Å²) >= 11 is 0. The van der Waals surface area contributed by atoms with Crippen LogP contribution < -0.4 is 4.74 Å². The van der Waals surface area contributed by atoms with Crippen LogP contribution in [0, 0.1) is 0 Å². The van der Waals surface area contributed by atoms with Crippen molar-refractivity contribution in [3.63, 3.8) is 0 Å². The van der Waals surface area contributed by atoms with Crippen LogP contribution in [0.3, 0.4) is 0 Å². The fourth-order valence-electron chi connectivity index (χ4n) is 2.31. The normalized spacial score (nSPS) is 10.5. The Morgan fingerprint density at radius 2 is 1.55 bits per heavy atom. The summed E-state index contributed by atoms with van der Waals surface area (Å²) in [5.74, 6) is -0.870. The van der Waals surface area contributed by atoms with Crippen molar-refractivity contribution in [2.75, 3.05) is 6.61 Å². The smallest absolute Gasteiger partial charge is 0.341 e. The number of carboxylic acid groups (broad SMARTS) is 1. The molecule has 3 N–H and O–H groups in total. The van der Waals surface area contributed by atoms with Gasteiger partial charge < -0.3 is 20.1 Å². The first-order chi connectivity index (χ1) is 10.6. The minimum Gasteiger partial charge on any atom is -0.481 e. The molecule has 0 saturated heterocycles. The standard InChI is InChI=1S/C17H18O5/c18-9-14-7-13(6-12-4-2-1-3-5-12)8-15(10-19)17(14)22-11-16(20)21/h1-5,7-8,18-19H,6,9-11H2,(H,20,21). The molecule has 0 saturated carbocycles. The van der Waals surface area contributed by atoms with Crippen LogP contribution in [-0.4, -0.2) is 27.9 Å². The maximum absolute atomic E-state index is 10.6. The lowest BCUT2D eigenvalue weighted by atomic mass is 9.99. The quantitative estimate of drug-likeness (QED) is 0.725. The van der Waals surface area contributed by atoms with E-state index in [2.05, 4.69) is 0 Å². The number of ether oxygens (including phenoxy) is 1. The second-order valence-corrected chi connectivity index (χ2v) is 4.90. The number of carboxylic acids is 1. The summed E-state index contributed by atoms with van der Waals surface area (Å²) in [4.78, 5) is 10.6. The van der Waals surface area contributed by atoms with Crippen molar-refractivity contribution in [3.05, 3.63) is 64.7 Å². The largest absolute Gasteiger partial charge is 0.481 e. The molecule has 22 heavy (non-hydrogen) atoms. The SMILES string of the molecule is O=C(O)COc1c(CO)cc(Cc2ccccc2)cc1CO.